The van der Waals surface area contributed by atoms with Crippen LogP contribution in [0.3, 0.4) is 0 Å². The van der Waals surface area contributed by atoms with Gasteiger partial charge in [-0.15, -0.1) is 0 Å². The van der Waals surface area contributed by atoms with E-state index in [0.717, 1.165) is 0 Å². The average Bonchev–Trinajstić information content (AvgIpc) is 2.67. The second-order valence-corrected chi connectivity index (χ2v) is 11.5. The Balaban J connectivity index is 2.03. The van der Waals surface area contributed by atoms with Gasteiger partial charge in [0.1, 0.15) is 6.04 Å². The van der Waals surface area contributed by atoms with E-state index < -0.39 is 8.32 Å². The monoisotopic (exact) mass is 270 g/mol. The van der Waals surface area contributed by atoms with E-state index in [9.17, 15) is 9.59 Å². The van der Waals surface area contributed by atoms with Crippen molar-refractivity contribution < 1.29 is 14.0 Å². The number of carbonyl (C=O) groups excluding carboxylic acids is 2. The van der Waals surface area contributed by atoms with Crippen molar-refractivity contribution in [1.82, 2.24) is 10.2 Å². The lowest BCUT2D eigenvalue weighted by Crippen LogP contribution is -2.45. The van der Waals surface area contributed by atoms with Crippen LogP contribution in [0.4, 0.5) is 4.79 Å². The number of nitrogens with zero attached hydrogens (tertiary/aromatic N) is 1. The van der Waals surface area contributed by atoms with Crippen LogP contribution in [0, 0.1) is 0 Å². The first-order valence-electron chi connectivity index (χ1n) is 6.41. The summed E-state index contributed by atoms with van der Waals surface area (Å²) in [6.45, 7) is 11.5. The predicted molar refractivity (Wildman–Crippen MR) is 70.7 cm³/mol. The summed E-state index contributed by atoms with van der Waals surface area (Å²) in [5.41, 5.74) is 0. The number of carbonyl (C=O) groups is 2. The molecule has 0 radical (unpaired) electrons. The van der Waals surface area contributed by atoms with Crippen molar-refractivity contribution in [2.75, 3.05) is 6.54 Å². The van der Waals surface area contributed by atoms with Crippen LogP contribution in [0.2, 0.25) is 18.1 Å². The molecule has 0 saturated carbocycles. The molecule has 3 amide bonds. The van der Waals surface area contributed by atoms with Crippen LogP contribution in [0.1, 0.15) is 27.2 Å². The van der Waals surface area contributed by atoms with Gasteiger partial charge in [-0.05, 0) is 18.1 Å². The number of imide groups is 1. The first-order valence-corrected chi connectivity index (χ1v) is 9.32. The van der Waals surface area contributed by atoms with Gasteiger partial charge in [0.05, 0.1) is 6.10 Å². The summed E-state index contributed by atoms with van der Waals surface area (Å²) in [4.78, 5) is 24.7. The quantitative estimate of drug-likeness (QED) is 0.614. The van der Waals surface area contributed by atoms with Crippen molar-refractivity contribution in [3.05, 3.63) is 0 Å². The van der Waals surface area contributed by atoms with Gasteiger partial charge >= 0.3 is 6.03 Å². The Hall–Kier alpha value is -0.883. The zero-order valence-corrected chi connectivity index (χ0v) is 12.7. The van der Waals surface area contributed by atoms with Gasteiger partial charge in [0, 0.05) is 13.0 Å². The van der Waals surface area contributed by atoms with Crippen LogP contribution in [-0.2, 0) is 9.22 Å². The molecule has 0 aliphatic carbocycles. The van der Waals surface area contributed by atoms with Crippen LogP contribution >= 0.6 is 0 Å². The molecule has 102 valence electrons. The van der Waals surface area contributed by atoms with E-state index in [0.29, 0.717) is 13.0 Å². The van der Waals surface area contributed by atoms with Gasteiger partial charge in [-0.2, -0.15) is 0 Å². The topological polar surface area (TPSA) is 58.6 Å². The standard InChI is InChI=1S/C12H22N2O3Si/c1-12(2,3)18(4,5)17-8-6-9-10(15)13-11(16)14(9)7-8/h8-9H,6-7H2,1-5H3,(H,13,15,16)/t8-,9+/m1/s1. The fourth-order valence-corrected chi connectivity index (χ4v) is 3.57. The maximum atomic E-state index is 11.6. The van der Waals surface area contributed by atoms with Crippen molar-refractivity contribution in [3.63, 3.8) is 0 Å². The van der Waals surface area contributed by atoms with E-state index in [2.05, 4.69) is 39.2 Å². The van der Waals surface area contributed by atoms with Crippen molar-refractivity contribution in [3.8, 4) is 0 Å². The van der Waals surface area contributed by atoms with E-state index in [1.807, 2.05) is 0 Å². The molecule has 2 fully saturated rings. The van der Waals surface area contributed by atoms with Gasteiger partial charge in [-0.25, -0.2) is 4.79 Å². The molecule has 2 saturated heterocycles. The number of rotatable bonds is 2. The molecule has 2 aliphatic heterocycles. The van der Waals surface area contributed by atoms with Gasteiger partial charge in [-0.1, -0.05) is 20.8 Å². The minimum Gasteiger partial charge on any atom is -0.412 e. The van der Waals surface area contributed by atoms with E-state index in [1.54, 1.807) is 4.90 Å². The lowest BCUT2D eigenvalue weighted by Gasteiger charge is -2.38. The van der Waals surface area contributed by atoms with Gasteiger partial charge in [-0.3, -0.25) is 10.1 Å². The molecule has 2 atom stereocenters. The first-order chi connectivity index (χ1) is 8.12. The fraction of sp³-hybridized carbons (Fsp3) is 0.833. The Morgan fingerprint density at radius 2 is 1.94 bits per heavy atom. The van der Waals surface area contributed by atoms with Crippen molar-refractivity contribution in [2.45, 2.75) is 57.5 Å². The lowest BCUT2D eigenvalue weighted by atomic mass is 10.2. The zero-order valence-electron chi connectivity index (χ0n) is 11.7. The number of amides is 3. The van der Waals surface area contributed by atoms with Crippen molar-refractivity contribution in [2.24, 2.45) is 0 Å². The van der Waals surface area contributed by atoms with E-state index in [4.69, 9.17) is 4.43 Å². The van der Waals surface area contributed by atoms with E-state index >= 15 is 0 Å². The minimum atomic E-state index is -1.83. The number of nitrogens with one attached hydrogen (secondary N) is 1. The smallest absolute Gasteiger partial charge is 0.324 e. The van der Waals surface area contributed by atoms with Crippen molar-refractivity contribution >= 4 is 20.3 Å². The molecule has 0 unspecified atom stereocenters. The van der Waals surface area contributed by atoms with Crippen LogP contribution in [-0.4, -0.2) is 43.8 Å². The Morgan fingerprint density at radius 3 is 2.44 bits per heavy atom. The molecule has 0 aromatic rings. The zero-order chi connectivity index (χ0) is 13.7. The average molecular weight is 270 g/mol. The summed E-state index contributed by atoms with van der Waals surface area (Å²) in [5, 5.41) is 2.48. The Morgan fingerprint density at radius 1 is 1.33 bits per heavy atom. The third-order valence-electron chi connectivity index (χ3n) is 4.32. The summed E-state index contributed by atoms with van der Waals surface area (Å²) in [5.74, 6) is -0.179. The predicted octanol–water partition coefficient (Wildman–Crippen LogP) is 1.70. The Bertz CT molecular complexity index is 367. The Labute approximate surface area is 109 Å². The molecule has 5 nitrogen and oxygen atoms in total. The van der Waals surface area contributed by atoms with Crippen LogP contribution in [0.25, 0.3) is 0 Å². The van der Waals surface area contributed by atoms with Gasteiger partial charge < -0.3 is 9.33 Å². The normalized spacial score (nSPS) is 28.6. The molecular weight excluding hydrogens is 248 g/mol. The molecule has 2 rings (SSSR count). The number of urea groups is 1. The number of hydrogen-bond acceptors (Lipinski definition) is 3. The summed E-state index contributed by atoms with van der Waals surface area (Å²) in [6.07, 6.45) is 0.635. The third kappa shape index (κ3) is 2.19. The molecule has 0 spiro atoms. The third-order valence-corrected chi connectivity index (χ3v) is 8.86. The SMILES string of the molecule is CC(C)(C)[Si](C)(C)O[C@@H]1C[C@H]2C(=O)NC(=O)N2C1. The molecule has 6 heteroatoms. The largest absolute Gasteiger partial charge is 0.412 e. The summed E-state index contributed by atoms with van der Waals surface area (Å²) in [7, 11) is -1.83. The maximum Gasteiger partial charge on any atom is 0.324 e. The van der Waals surface area contributed by atoms with Gasteiger partial charge in [0.2, 0.25) is 0 Å². The highest BCUT2D eigenvalue weighted by Crippen LogP contribution is 2.39. The van der Waals surface area contributed by atoms with Crippen LogP contribution in [0.5, 0.6) is 0 Å². The van der Waals surface area contributed by atoms with Crippen molar-refractivity contribution in [1.29, 1.82) is 0 Å². The van der Waals surface area contributed by atoms with Gasteiger partial charge in [0.25, 0.3) is 5.91 Å². The molecule has 0 aromatic carbocycles. The maximum absolute atomic E-state index is 11.6. The molecule has 1 N–H and O–H groups in total. The second kappa shape index (κ2) is 4.06. The Kier molecular flexibility index (Phi) is 3.06. The summed E-state index contributed by atoms with van der Waals surface area (Å²) < 4.78 is 6.26. The summed E-state index contributed by atoms with van der Waals surface area (Å²) >= 11 is 0. The second-order valence-electron chi connectivity index (χ2n) is 6.70. The number of fused-ring (bicyclic) bond motifs is 1. The lowest BCUT2D eigenvalue weighted by molar-refractivity contribution is -0.121. The highest BCUT2D eigenvalue weighted by Gasteiger charge is 2.48. The minimum absolute atomic E-state index is 0.00546. The number of hydrogen-bond donors (Lipinski definition) is 1. The molecule has 18 heavy (non-hydrogen) atoms. The summed E-state index contributed by atoms with van der Waals surface area (Å²) in [6, 6.07) is -0.585. The highest BCUT2D eigenvalue weighted by atomic mass is 28.4. The molecular formula is C12H22N2O3Si. The fourth-order valence-electron chi connectivity index (χ4n) is 2.21. The van der Waals surface area contributed by atoms with Crippen LogP contribution in [0.15, 0.2) is 0 Å². The van der Waals surface area contributed by atoms with Gasteiger partial charge in [0.15, 0.2) is 8.32 Å². The first kappa shape index (κ1) is 13.5. The molecule has 2 heterocycles. The van der Waals surface area contributed by atoms with Crippen LogP contribution < -0.4 is 5.32 Å². The van der Waals surface area contributed by atoms with E-state index in [1.165, 1.54) is 0 Å². The molecule has 2 aliphatic rings. The van der Waals surface area contributed by atoms with E-state index in [-0.39, 0.29) is 29.1 Å². The highest BCUT2D eigenvalue weighted by molar-refractivity contribution is 6.74. The molecule has 0 bridgehead atoms. The molecule has 0 aromatic heterocycles.